The van der Waals surface area contributed by atoms with Crippen LogP contribution in [0.3, 0.4) is 0 Å². The van der Waals surface area contributed by atoms with E-state index in [1.54, 1.807) is 4.31 Å². The lowest BCUT2D eigenvalue weighted by atomic mass is 9.94. The lowest BCUT2D eigenvalue weighted by Crippen LogP contribution is -2.57. The normalized spacial score (nSPS) is 29.5. The molecule has 10 heteroatoms. The van der Waals surface area contributed by atoms with Crippen LogP contribution in [-0.4, -0.2) is 98.7 Å². The second-order valence-corrected chi connectivity index (χ2v) is 9.40. The molecule has 8 nitrogen and oxygen atoms in total. The topological polar surface area (TPSA) is 90.2 Å². The summed E-state index contributed by atoms with van der Waals surface area (Å²) in [4.78, 5) is 16.7. The summed E-state index contributed by atoms with van der Waals surface area (Å²) in [6, 6.07) is 0. The van der Waals surface area contributed by atoms with Crippen molar-refractivity contribution in [3.05, 3.63) is 0 Å². The van der Waals surface area contributed by atoms with E-state index >= 15 is 0 Å². The van der Waals surface area contributed by atoms with Crippen molar-refractivity contribution in [3.63, 3.8) is 0 Å². The molecular weight excluding hydrogens is 378 g/mol. The molecule has 26 heavy (non-hydrogen) atoms. The summed E-state index contributed by atoms with van der Waals surface area (Å²) in [5.41, 5.74) is 5.80. The minimum atomic E-state index is -3.41. The minimum absolute atomic E-state index is 0. The number of nitrogens with two attached hydrogens (primary N) is 1. The van der Waals surface area contributed by atoms with Crippen LogP contribution in [0.4, 0.5) is 0 Å². The molecule has 152 valence electrons. The predicted octanol–water partition coefficient (Wildman–Crippen LogP) is -0.580. The van der Waals surface area contributed by atoms with Crippen LogP contribution in [-0.2, 0) is 15.0 Å². The summed E-state index contributed by atoms with van der Waals surface area (Å²) < 4.78 is 28.7. The Balaban J connectivity index is 0.00000243. The van der Waals surface area contributed by atoms with E-state index in [-0.39, 0.29) is 24.2 Å². The highest BCUT2D eigenvalue weighted by Crippen LogP contribution is 2.32. The van der Waals surface area contributed by atoms with Gasteiger partial charge < -0.3 is 15.5 Å². The fourth-order valence-corrected chi connectivity index (χ4v) is 5.78. The number of carbonyl (C=O) groups excluding carboxylic acids is 1. The van der Waals surface area contributed by atoms with E-state index in [9.17, 15) is 13.2 Å². The first-order chi connectivity index (χ1) is 11.9. The number of nitrogens with zero attached hydrogens (tertiary/aromatic N) is 4. The molecule has 3 rings (SSSR count). The molecule has 0 aromatic carbocycles. The smallest absolute Gasteiger partial charge is 0.282 e. The Morgan fingerprint density at radius 1 is 0.962 bits per heavy atom. The Labute approximate surface area is 163 Å². The van der Waals surface area contributed by atoms with Crippen molar-refractivity contribution in [3.8, 4) is 0 Å². The van der Waals surface area contributed by atoms with Crippen molar-refractivity contribution >= 4 is 28.5 Å². The first-order valence-corrected chi connectivity index (χ1v) is 10.8. The van der Waals surface area contributed by atoms with Crippen molar-refractivity contribution in [1.29, 1.82) is 0 Å². The van der Waals surface area contributed by atoms with Gasteiger partial charge in [0.25, 0.3) is 10.2 Å². The van der Waals surface area contributed by atoms with Gasteiger partial charge in [-0.15, -0.1) is 12.4 Å². The van der Waals surface area contributed by atoms with Gasteiger partial charge in [0, 0.05) is 58.3 Å². The zero-order valence-corrected chi connectivity index (χ0v) is 17.2. The van der Waals surface area contributed by atoms with Crippen LogP contribution in [0.1, 0.15) is 19.3 Å². The average Bonchev–Trinajstić information content (AvgIpc) is 3.10. The first kappa shape index (κ1) is 21.8. The van der Waals surface area contributed by atoms with Crippen LogP contribution in [0, 0.1) is 11.8 Å². The quantitative estimate of drug-likeness (QED) is 0.670. The third-order valence-electron chi connectivity index (χ3n) is 5.94. The fourth-order valence-electron chi connectivity index (χ4n) is 4.20. The highest BCUT2D eigenvalue weighted by atomic mass is 35.5. The average molecular weight is 410 g/mol. The molecule has 2 saturated heterocycles. The standard InChI is InChI=1S/C16H31N5O3S.ClH/c1-18-5-9-20(10-6-18)25(23,24)21-11-7-19(8-12-21)16(22)15-4-2-3-14(15)13-17;/h14-15H,2-13,17H2,1H3;1H/t14-,15-;/m1./s1. The van der Waals surface area contributed by atoms with E-state index in [2.05, 4.69) is 4.90 Å². The van der Waals surface area contributed by atoms with Gasteiger partial charge in [-0.2, -0.15) is 17.0 Å². The third kappa shape index (κ3) is 4.51. The first-order valence-electron chi connectivity index (χ1n) is 9.36. The monoisotopic (exact) mass is 409 g/mol. The molecule has 2 N–H and O–H groups in total. The molecule has 2 atom stereocenters. The van der Waals surface area contributed by atoms with Crippen molar-refractivity contribution in [2.75, 3.05) is 66.0 Å². The Bertz CT molecular complexity index is 574. The van der Waals surface area contributed by atoms with Gasteiger partial charge in [-0.05, 0) is 32.4 Å². The van der Waals surface area contributed by atoms with Crippen LogP contribution in [0.25, 0.3) is 0 Å². The van der Waals surface area contributed by atoms with Crippen molar-refractivity contribution in [1.82, 2.24) is 18.4 Å². The molecule has 0 aromatic heterocycles. The van der Waals surface area contributed by atoms with E-state index in [4.69, 9.17) is 5.73 Å². The van der Waals surface area contributed by atoms with E-state index < -0.39 is 10.2 Å². The molecule has 0 spiro atoms. The van der Waals surface area contributed by atoms with Gasteiger partial charge in [0.1, 0.15) is 0 Å². The van der Waals surface area contributed by atoms with Gasteiger partial charge in [-0.3, -0.25) is 4.79 Å². The molecule has 1 saturated carbocycles. The molecule has 3 fully saturated rings. The molecule has 3 aliphatic rings. The highest BCUT2D eigenvalue weighted by Gasteiger charge is 2.38. The summed E-state index contributed by atoms with van der Waals surface area (Å²) in [6.45, 7) is 4.92. The Morgan fingerprint density at radius 2 is 1.50 bits per heavy atom. The minimum Gasteiger partial charge on any atom is -0.340 e. The summed E-state index contributed by atoms with van der Waals surface area (Å²) in [5, 5.41) is 0. The lowest BCUT2D eigenvalue weighted by Gasteiger charge is -2.39. The van der Waals surface area contributed by atoms with E-state index in [0.29, 0.717) is 51.7 Å². The molecule has 2 aliphatic heterocycles. The summed E-state index contributed by atoms with van der Waals surface area (Å²) in [7, 11) is -1.40. The molecule has 0 bridgehead atoms. The number of likely N-dealkylation sites (N-methyl/N-ethyl adjacent to an activating group) is 1. The van der Waals surface area contributed by atoms with Crippen LogP contribution in [0.5, 0.6) is 0 Å². The maximum atomic E-state index is 12.8. The van der Waals surface area contributed by atoms with Crippen molar-refractivity contribution in [2.45, 2.75) is 19.3 Å². The van der Waals surface area contributed by atoms with E-state index in [0.717, 1.165) is 32.4 Å². The molecule has 1 aliphatic carbocycles. The van der Waals surface area contributed by atoms with Crippen LogP contribution >= 0.6 is 12.4 Å². The molecule has 1 amide bonds. The van der Waals surface area contributed by atoms with E-state index in [1.807, 2.05) is 11.9 Å². The van der Waals surface area contributed by atoms with Gasteiger partial charge in [0.2, 0.25) is 5.91 Å². The van der Waals surface area contributed by atoms with Gasteiger partial charge in [0.05, 0.1) is 0 Å². The van der Waals surface area contributed by atoms with Gasteiger partial charge in [0.15, 0.2) is 0 Å². The summed E-state index contributed by atoms with van der Waals surface area (Å²) in [6.07, 6.45) is 3.02. The van der Waals surface area contributed by atoms with Crippen LogP contribution < -0.4 is 5.73 Å². The zero-order valence-electron chi connectivity index (χ0n) is 15.5. The number of piperazine rings is 2. The molecule has 0 unspecified atom stereocenters. The summed E-state index contributed by atoms with van der Waals surface area (Å²) >= 11 is 0. The van der Waals surface area contributed by atoms with Gasteiger partial charge >= 0.3 is 0 Å². The van der Waals surface area contributed by atoms with E-state index in [1.165, 1.54) is 4.31 Å². The molecule has 2 heterocycles. The number of carbonyl (C=O) groups is 1. The second kappa shape index (κ2) is 9.16. The zero-order chi connectivity index (χ0) is 18.0. The number of hydrogen-bond acceptors (Lipinski definition) is 5. The number of amides is 1. The lowest BCUT2D eigenvalue weighted by molar-refractivity contribution is -0.137. The SMILES string of the molecule is CN1CCN(S(=O)(=O)N2CCN(C(=O)[C@@H]3CCC[C@@H]3CN)CC2)CC1.Cl. The van der Waals surface area contributed by atoms with Crippen LogP contribution in [0.2, 0.25) is 0 Å². The highest BCUT2D eigenvalue weighted by molar-refractivity contribution is 7.86. The number of halogens is 1. The molecular formula is C16H32ClN5O3S. The van der Waals surface area contributed by atoms with Gasteiger partial charge in [-0.25, -0.2) is 0 Å². The summed E-state index contributed by atoms with van der Waals surface area (Å²) in [5.74, 6) is 0.495. The third-order valence-corrected chi connectivity index (χ3v) is 7.98. The van der Waals surface area contributed by atoms with Crippen LogP contribution in [0.15, 0.2) is 0 Å². The maximum Gasteiger partial charge on any atom is 0.282 e. The number of rotatable bonds is 4. The van der Waals surface area contributed by atoms with Gasteiger partial charge in [-0.1, -0.05) is 6.42 Å². The second-order valence-electron chi connectivity index (χ2n) is 7.47. The van der Waals surface area contributed by atoms with Crippen molar-refractivity contribution < 1.29 is 13.2 Å². The van der Waals surface area contributed by atoms with Crippen molar-refractivity contribution in [2.24, 2.45) is 17.6 Å². The number of hydrogen-bond donors (Lipinski definition) is 1. The fraction of sp³-hybridized carbons (Fsp3) is 0.938. The Hall–Kier alpha value is -0.450. The maximum absolute atomic E-state index is 12.8. The molecule has 0 radical (unpaired) electrons. The molecule has 0 aromatic rings. The largest absolute Gasteiger partial charge is 0.340 e. The Morgan fingerprint density at radius 3 is 2.04 bits per heavy atom. The predicted molar refractivity (Wildman–Crippen MR) is 103 cm³/mol. The Kier molecular flexibility index (Phi) is 7.70.